The molecule has 0 bridgehead atoms. The summed E-state index contributed by atoms with van der Waals surface area (Å²) in [5.41, 5.74) is 2.55. The Morgan fingerprint density at radius 2 is 2.29 bits per heavy atom. The van der Waals surface area contributed by atoms with Crippen LogP contribution in [-0.2, 0) is 28.2 Å². The predicted octanol–water partition coefficient (Wildman–Crippen LogP) is 3.52. The van der Waals surface area contributed by atoms with E-state index < -0.39 is 0 Å². The van der Waals surface area contributed by atoms with Gasteiger partial charge >= 0.3 is 0 Å². The first-order valence-electron chi connectivity index (χ1n) is 10.1. The van der Waals surface area contributed by atoms with Crippen molar-refractivity contribution in [1.82, 2.24) is 20.1 Å². The molecule has 2 aromatic rings. The number of carbonyl (C=O) groups is 1. The van der Waals surface area contributed by atoms with Gasteiger partial charge in [-0.05, 0) is 31.7 Å². The normalized spacial score (nSPS) is 16.4. The summed E-state index contributed by atoms with van der Waals surface area (Å²) < 4.78 is 7.71. The van der Waals surface area contributed by atoms with Gasteiger partial charge in [0, 0.05) is 38.3 Å². The lowest BCUT2D eigenvalue weighted by Gasteiger charge is -2.11. The lowest BCUT2D eigenvalue weighted by Crippen LogP contribution is -2.32. The summed E-state index contributed by atoms with van der Waals surface area (Å²) >= 11 is 1.70. The highest BCUT2D eigenvalue weighted by molar-refractivity contribution is 7.98. The molecule has 6 nitrogen and oxygen atoms in total. The molecule has 2 heterocycles. The number of aryl methyl sites for hydroxylation is 2. The highest BCUT2D eigenvalue weighted by Gasteiger charge is 2.17. The summed E-state index contributed by atoms with van der Waals surface area (Å²) in [6.07, 6.45) is 4.34. The maximum absolute atomic E-state index is 12.2. The molecule has 1 atom stereocenters. The molecular formula is C21H30N4O2S. The van der Waals surface area contributed by atoms with E-state index in [1.54, 1.807) is 11.8 Å². The van der Waals surface area contributed by atoms with Gasteiger partial charge in [-0.3, -0.25) is 4.79 Å². The zero-order valence-electron chi connectivity index (χ0n) is 16.8. The molecule has 1 fully saturated rings. The summed E-state index contributed by atoms with van der Waals surface area (Å²) in [6.45, 7) is 6.54. The van der Waals surface area contributed by atoms with Crippen molar-refractivity contribution in [3.63, 3.8) is 0 Å². The van der Waals surface area contributed by atoms with Crippen LogP contribution in [0.1, 0.15) is 49.6 Å². The van der Waals surface area contributed by atoms with Crippen molar-refractivity contribution in [2.75, 3.05) is 13.2 Å². The Morgan fingerprint density at radius 3 is 3.04 bits per heavy atom. The molecule has 1 N–H and O–H groups in total. The number of carbonyl (C=O) groups excluding carboxylic acids is 1. The average Bonchev–Trinajstić information content (AvgIpc) is 3.34. The molecule has 1 aromatic carbocycles. The molecule has 3 rings (SSSR count). The van der Waals surface area contributed by atoms with Gasteiger partial charge in [-0.15, -0.1) is 10.2 Å². The lowest BCUT2D eigenvalue weighted by molar-refractivity contribution is -0.121. The van der Waals surface area contributed by atoms with E-state index in [2.05, 4.69) is 58.2 Å². The third kappa shape index (κ3) is 6.07. The molecule has 0 radical (unpaired) electrons. The second-order valence-corrected chi connectivity index (χ2v) is 8.21. The zero-order valence-corrected chi connectivity index (χ0v) is 17.6. The minimum Gasteiger partial charge on any atom is -0.376 e. The van der Waals surface area contributed by atoms with E-state index in [-0.39, 0.29) is 12.0 Å². The van der Waals surface area contributed by atoms with Crippen LogP contribution in [0.15, 0.2) is 29.4 Å². The van der Waals surface area contributed by atoms with Crippen LogP contribution in [0.4, 0.5) is 0 Å². The largest absolute Gasteiger partial charge is 0.376 e. The van der Waals surface area contributed by atoms with Crippen LogP contribution in [0.2, 0.25) is 0 Å². The first kappa shape index (κ1) is 20.9. The molecule has 152 valence electrons. The Bertz CT molecular complexity index is 772. The van der Waals surface area contributed by atoms with Crippen LogP contribution in [0, 0.1) is 6.92 Å². The van der Waals surface area contributed by atoms with E-state index in [0.717, 1.165) is 49.1 Å². The summed E-state index contributed by atoms with van der Waals surface area (Å²) in [7, 11) is 0. The summed E-state index contributed by atoms with van der Waals surface area (Å²) in [6, 6.07) is 8.53. The minimum atomic E-state index is 0.0514. The van der Waals surface area contributed by atoms with Gasteiger partial charge in [0.1, 0.15) is 5.82 Å². The Kier molecular flexibility index (Phi) is 7.91. The number of amides is 1. The fourth-order valence-electron chi connectivity index (χ4n) is 3.36. The molecule has 0 unspecified atom stereocenters. The standard InChI is InChI=1S/C21H30N4O2S/c1-3-11-25-19(9-10-20(26)22-14-18-8-5-12-27-18)23-24-21(25)28-15-17-7-4-6-16(2)13-17/h4,6-7,13,18H,3,5,8-12,14-15H2,1-2H3,(H,22,26)/t18-/m1/s1. The number of thioether (sulfide) groups is 1. The number of nitrogens with one attached hydrogen (secondary N) is 1. The number of benzene rings is 1. The van der Waals surface area contributed by atoms with E-state index in [4.69, 9.17) is 4.74 Å². The quantitative estimate of drug-likeness (QED) is 0.616. The van der Waals surface area contributed by atoms with Crippen molar-refractivity contribution in [2.45, 2.75) is 69.5 Å². The fourth-order valence-corrected chi connectivity index (χ4v) is 4.28. The highest BCUT2D eigenvalue weighted by Crippen LogP contribution is 2.23. The molecule has 0 saturated carbocycles. The molecule has 1 saturated heterocycles. The van der Waals surface area contributed by atoms with Gasteiger partial charge in [-0.2, -0.15) is 0 Å². The smallest absolute Gasteiger partial charge is 0.220 e. The Balaban J connectivity index is 1.53. The summed E-state index contributed by atoms with van der Waals surface area (Å²) in [4.78, 5) is 12.2. The monoisotopic (exact) mass is 402 g/mol. The molecule has 0 spiro atoms. The minimum absolute atomic E-state index is 0.0514. The fraction of sp³-hybridized carbons (Fsp3) is 0.571. The lowest BCUT2D eigenvalue weighted by atomic mass is 10.2. The third-order valence-electron chi connectivity index (χ3n) is 4.82. The van der Waals surface area contributed by atoms with E-state index in [0.29, 0.717) is 19.4 Å². The maximum atomic E-state index is 12.2. The van der Waals surface area contributed by atoms with Crippen LogP contribution >= 0.6 is 11.8 Å². The van der Waals surface area contributed by atoms with Gasteiger partial charge < -0.3 is 14.6 Å². The van der Waals surface area contributed by atoms with Crippen molar-refractivity contribution in [2.24, 2.45) is 0 Å². The first-order chi connectivity index (χ1) is 13.7. The van der Waals surface area contributed by atoms with Gasteiger partial charge in [-0.25, -0.2) is 0 Å². The highest BCUT2D eigenvalue weighted by atomic mass is 32.2. The third-order valence-corrected chi connectivity index (χ3v) is 5.86. The van der Waals surface area contributed by atoms with Crippen molar-refractivity contribution in [1.29, 1.82) is 0 Å². The van der Waals surface area contributed by atoms with Crippen molar-refractivity contribution in [3.05, 3.63) is 41.2 Å². The topological polar surface area (TPSA) is 69.0 Å². The van der Waals surface area contributed by atoms with Crippen LogP contribution in [0.5, 0.6) is 0 Å². The Morgan fingerprint density at radius 1 is 1.39 bits per heavy atom. The summed E-state index contributed by atoms with van der Waals surface area (Å²) in [5.74, 6) is 1.81. The van der Waals surface area contributed by atoms with Gasteiger partial charge in [0.15, 0.2) is 5.16 Å². The van der Waals surface area contributed by atoms with Crippen molar-refractivity contribution in [3.8, 4) is 0 Å². The van der Waals surface area contributed by atoms with E-state index in [9.17, 15) is 4.79 Å². The van der Waals surface area contributed by atoms with Crippen LogP contribution < -0.4 is 5.32 Å². The van der Waals surface area contributed by atoms with E-state index in [1.165, 1.54) is 11.1 Å². The second kappa shape index (κ2) is 10.6. The van der Waals surface area contributed by atoms with Crippen LogP contribution in [0.3, 0.4) is 0 Å². The molecule has 7 heteroatoms. The van der Waals surface area contributed by atoms with Gasteiger partial charge in [-0.1, -0.05) is 48.5 Å². The maximum Gasteiger partial charge on any atom is 0.220 e. The van der Waals surface area contributed by atoms with E-state index >= 15 is 0 Å². The molecule has 28 heavy (non-hydrogen) atoms. The SMILES string of the molecule is CCCn1c(CCC(=O)NC[C@H]2CCCO2)nnc1SCc1cccc(C)c1. The van der Waals surface area contributed by atoms with Crippen molar-refractivity contribution < 1.29 is 9.53 Å². The van der Waals surface area contributed by atoms with Crippen molar-refractivity contribution >= 4 is 17.7 Å². The number of nitrogens with zero attached hydrogens (tertiary/aromatic N) is 3. The molecule has 1 amide bonds. The zero-order chi connectivity index (χ0) is 19.8. The summed E-state index contributed by atoms with van der Waals surface area (Å²) in [5, 5.41) is 12.7. The van der Waals surface area contributed by atoms with Gasteiger partial charge in [0.25, 0.3) is 0 Å². The van der Waals surface area contributed by atoms with Gasteiger partial charge in [0.2, 0.25) is 5.91 Å². The molecule has 1 aromatic heterocycles. The Hall–Kier alpha value is -1.86. The predicted molar refractivity (Wildman–Crippen MR) is 111 cm³/mol. The number of hydrogen-bond donors (Lipinski definition) is 1. The first-order valence-corrected chi connectivity index (χ1v) is 11.1. The number of rotatable bonds is 10. The van der Waals surface area contributed by atoms with Crippen LogP contribution in [0.25, 0.3) is 0 Å². The molecule has 0 aliphatic carbocycles. The molecular weight excluding hydrogens is 372 g/mol. The number of hydrogen-bond acceptors (Lipinski definition) is 5. The van der Waals surface area contributed by atoms with E-state index in [1.807, 2.05) is 0 Å². The molecule has 1 aliphatic heterocycles. The average molecular weight is 403 g/mol. The van der Waals surface area contributed by atoms with Crippen LogP contribution in [-0.4, -0.2) is 39.9 Å². The van der Waals surface area contributed by atoms with Gasteiger partial charge in [0.05, 0.1) is 6.10 Å². The second-order valence-electron chi connectivity index (χ2n) is 7.27. The number of aromatic nitrogens is 3. The number of ether oxygens (including phenoxy) is 1. The molecule has 1 aliphatic rings. The Labute approximate surface area is 171 Å².